The summed E-state index contributed by atoms with van der Waals surface area (Å²) < 4.78 is 5.31. The van der Waals surface area contributed by atoms with Crippen LogP contribution in [0.1, 0.15) is 27.2 Å². The minimum Gasteiger partial charge on any atom is -0.481 e. The molecule has 1 amide bonds. The van der Waals surface area contributed by atoms with Gasteiger partial charge in [0.1, 0.15) is 0 Å². The van der Waals surface area contributed by atoms with E-state index in [2.05, 4.69) is 0 Å². The molecule has 0 aromatic rings. The Bertz CT molecular complexity index is 290. The average Bonchev–Trinajstić information content (AvgIpc) is 2.59. The van der Waals surface area contributed by atoms with E-state index in [1.54, 1.807) is 4.90 Å². The summed E-state index contributed by atoms with van der Waals surface area (Å²) in [5, 5.41) is 8.97. The van der Waals surface area contributed by atoms with E-state index in [1.807, 2.05) is 20.8 Å². The van der Waals surface area contributed by atoms with Gasteiger partial charge >= 0.3 is 5.97 Å². The summed E-state index contributed by atoms with van der Waals surface area (Å²) in [5.41, 5.74) is 0. The minimum atomic E-state index is -0.814. The zero-order chi connectivity index (χ0) is 13.0. The molecule has 0 bridgehead atoms. The first-order valence-electron chi connectivity index (χ1n) is 6.04. The normalized spacial score (nSPS) is 24.4. The van der Waals surface area contributed by atoms with Crippen molar-refractivity contribution in [3.05, 3.63) is 0 Å². The third-order valence-electron chi connectivity index (χ3n) is 3.05. The maximum absolute atomic E-state index is 11.8. The lowest BCUT2D eigenvalue weighted by atomic mass is 9.99. The molecule has 1 aliphatic heterocycles. The molecule has 5 heteroatoms. The summed E-state index contributed by atoms with van der Waals surface area (Å²) in [5.74, 6) is -1.22. The van der Waals surface area contributed by atoms with Crippen LogP contribution in [-0.2, 0) is 14.3 Å². The lowest BCUT2D eigenvalue weighted by molar-refractivity contribution is -0.142. The molecule has 2 atom stereocenters. The van der Waals surface area contributed by atoms with E-state index in [9.17, 15) is 9.59 Å². The second kappa shape index (κ2) is 6.00. The van der Waals surface area contributed by atoms with Gasteiger partial charge in [-0.1, -0.05) is 6.92 Å². The van der Waals surface area contributed by atoms with Gasteiger partial charge in [-0.3, -0.25) is 9.59 Å². The monoisotopic (exact) mass is 243 g/mol. The van der Waals surface area contributed by atoms with Gasteiger partial charge in [0, 0.05) is 13.1 Å². The highest BCUT2D eigenvalue weighted by Gasteiger charge is 2.36. The Morgan fingerprint density at radius 3 is 2.53 bits per heavy atom. The van der Waals surface area contributed by atoms with E-state index in [1.165, 1.54) is 0 Å². The number of likely N-dealkylation sites (tertiary alicyclic amines) is 1. The predicted molar refractivity (Wildman–Crippen MR) is 62.6 cm³/mol. The van der Waals surface area contributed by atoms with Crippen molar-refractivity contribution in [2.75, 3.05) is 19.7 Å². The number of amides is 1. The van der Waals surface area contributed by atoms with Gasteiger partial charge in [0.25, 0.3) is 0 Å². The van der Waals surface area contributed by atoms with Crippen LogP contribution in [0, 0.1) is 11.8 Å². The summed E-state index contributed by atoms with van der Waals surface area (Å²) in [6, 6.07) is 0. The number of carboxylic acids is 1. The SMILES string of the molecule is CC(C)OCCC(=O)N1C[C@@H](C)[C@H](C(=O)O)C1. The lowest BCUT2D eigenvalue weighted by Gasteiger charge is -2.16. The number of hydrogen-bond donors (Lipinski definition) is 1. The number of hydrogen-bond acceptors (Lipinski definition) is 3. The quantitative estimate of drug-likeness (QED) is 0.781. The summed E-state index contributed by atoms with van der Waals surface area (Å²) in [6.07, 6.45) is 0.448. The van der Waals surface area contributed by atoms with Crippen molar-refractivity contribution < 1.29 is 19.4 Å². The van der Waals surface area contributed by atoms with Crippen molar-refractivity contribution in [2.45, 2.75) is 33.3 Å². The Labute approximate surface area is 102 Å². The van der Waals surface area contributed by atoms with Gasteiger partial charge in [0.05, 0.1) is 25.0 Å². The largest absolute Gasteiger partial charge is 0.481 e. The molecule has 0 radical (unpaired) electrons. The van der Waals surface area contributed by atoms with E-state index >= 15 is 0 Å². The molecule has 1 rings (SSSR count). The summed E-state index contributed by atoms with van der Waals surface area (Å²) >= 11 is 0. The molecule has 17 heavy (non-hydrogen) atoms. The first-order chi connectivity index (χ1) is 7.91. The first kappa shape index (κ1) is 14.0. The molecule has 0 unspecified atom stereocenters. The van der Waals surface area contributed by atoms with Crippen LogP contribution in [0.3, 0.4) is 0 Å². The molecule has 1 N–H and O–H groups in total. The molecule has 1 fully saturated rings. The number of rotatable bonds is 5. The van der Waals surface area contributed by atoms with E-state index in [0.717, 1.165) is 0 Å². The Morgan fingerprint density at radius 1 is 1.41 bits per heavy atom. The Hall–Kier alpha value is -1.10. The van der Waals surface area contributed by atoms with Crippen molar-refractivity contribution in [2.24, 2.45) is 11.8 Å². The molecule has 1 saturated heterocycles. The zero-order valence-electron chi connectivity index (χ0n) is 10.7. The maximum atomic E-state index is 11.8. The predicted octanol–water partition coefficient (Wildman–Crippen LogP) is 0.981. The molecule has 0 aromatic carbocycles. The molecule has 5 nitrogen and oxygen atoms in total. The third-order valence-corrected chi connectivity index (χ3v) is 3.05. The number of aliphatic carboxylic acids is 1. The van der Waals surface area contributed by atoms with Gasteiger partial charge in [-0.05, 0) is 19.8 Å². The van der Waals surface area contributed by atoms with Crippen LogP contribution in [0.25, 0.3) is 0 Å². The van der Waals surface area contributed by atoms with Crippen molar-refractivity contribution in [1.29, 1.82) is 0 Å². The zero-order valence-corrected chi connectivity index (χ0v) is 10.7. The van der Waals surface area contributed by atoms with Crippen LogP contribution in [0.2, 0.25) is 0 Å². The Morgan fingerprint density at radius 2 is 2.06 bits per heavy atom. The van der Waals surface area contributed by atoms with Gasteiger partial charge in [-0.25, -0.2) is 0 Å². The lowest BCUT2D eigenvalue weighted by Crippen LogP contribution is -2.30. The van der Waals surface area contributed by atoms with Gasteiger partial charge in [0.2, 0.25) is 5.91 Å². The fourth-order valence-electron chi connectivity index (χ4n) is 2.03. The molecular formula is C12H21NO4. The smallest absolute Gasteiger partial charge is 0.308 e. The van der Waals surface area contributed by atoms with Crippen LogP contribution >= 0.6 is 0 Å². The van der Waals surface area contributed by atoms with Gasteiger partial charge in [-0.15, -0.1) is 0 Å². The standard InChI is InChI=1S/C12H21NO4/c1-8(2)17-5-4-11(14)13-6-9(3)10(7-13)12(15)16/h8-10H,4-7H2,1-3H3,(H,15,16)/t9-,10-/m1/s1. The Balaban J connectivity index is 2.37. The molecule has 0 aliphatic carbocycles. The van der Waals surface area contributed by atoms with Crippen LogP contribution in [0.5, 0.6) is 0 Å². The molecule has 0 saturated carbocycles. The van der Waals surface area contributed by atoms with E-state index in [-0.39, 0.29) is 17.9 Å². The van der Waals surface area contributed by atoms with Gasteiger partial charge in [0.15, 0.2) is 0 Å². The third kappa shape index (κ3) is 4.00. The summed E-state index contributed by atoms with van der Waals surface area (Å²) in [6.45, 7) is 6.98. The van der Waals surface area contributed by atoms with Crippen molar-refractivity contribution >= 4 is 11.9 Å². The first-order valence-corrected chi connectivity index (χ1v) is 6.04. The fourth-order valence-corrected chi connectivity index (χ4v) is 2.03. The Kier molecular flexibility index (Phi) is 4.93. The van der Waals surface area contributed by atoms with Gasteiger partial charge in [-0.2, -0.15) is 0 Å². The maximum Gasteiger partial charge on any atom is 0.308 e. The van der Waals surface area contributed by atoms with Crippen molar-refractivity contribution in [3.63, 3.8) is 0 Å². The fraction of sp³-hybridized carbons (Fsp3) is 0.833. The molecule has 1 aliphatic rings. The summed E-state index contributed by atoms with van der Waals surface area (Å²) in [7, 11) is 0. The van der Waals surface area contributed by atoms with Crippen molar-refractivity contribution in [3.8, 4) is 0 Å². The number of nitrogens with zero attached hydrogens (tertiary/aromatic N) is 1. The highest BCUT2D eigenvalue weighted by atomic mass is 16.5. The van der Waals surface area contributed by atoms with Gasteiger partial charge < -0.3 is 14.7 Å². The summed E-state index contributed by atoms with van der Waals surface area (Å²) in [4.78, 5) is 24.3. The highest BCUT2D eigenvalue weighted by Crippen LogP contribution is 2.23. The topological polar surface area (TPSA) is 66.8 Å². The molecular weight excluding hydrogens is 222 g/mol. The highest BCUT2D eigenvalue weighted by molar-refractivity contribution is 5.79. The van der Waals surface area contributed by atoms with Crippen molar-refractivity contribution in [1.82, 2.24) is 4.90 Å². The van der Waals surface area contributed by atoms with Crippen LogP contribution in [0.4, 0.5) is 0 Å². The van der Waals surface area contributed by atoms with E-state index in [0.29, 0.717) is 26.1 Å². The molecule has 0 spiro atoms. The van der Waals surface area contributed by atoms with E-state index in [4.69, 9.17) is 9.84 Å². The molecule has 1 heterocycles. The van der Waals surface area contributed by atoms with E-state index < -0.39 is 11.9 Å². The molecule has 98 valence electrons. The molecule has 0 aromatic heterocycles. The van der Waals surface area contributed by atoms with Crippen LogP contribution < -0.4 is 0 Å². The number of carbonyl (C=O) groups is 2. The number of ether oxygens (including phenoxy) is 1. The second-order valence-corrected chi connectivity index (χ2v) is 4.89. The van der Waals surface area contributed by atoms with Crippen LogP contribution in [0.15, 0.2) is 0 Å². The van der Waals surface area contributed by atoms with Crippen LogP contribution in [-0.4, -0.2) is 47.7 Å². The minimum absolute atomic E-state index is 0.0127. The number of carboxylic acid groups (broad SMARTS) is 1. The second-order valence-electron chi connectivity index (χ2n) is 4.89. The average molecular weight is 243 g/mol. The number of carbonyl (C=O) groups excluding carboxylic acids is 1.